The van der Waals surface area contributed by atoms with Crippen LogP contribution in [0.5, 0.6) is 0 Å². The number of aliphatic hydroxyl groups is 1. The van der Waals surface area contributed by atoms with Gasteiger partial charge in [0.1, 0.15) is 0 Å². The molecule has 0 aromatic heterocycles. The lowest BCUT2D eigenvalue weighted by molar-refractivity contribution is 0.281. The minimum absolute atomic E-state index is 0.109. The molecule has 15 heavy (non-hydrogen) atoms. The molecule has 0 spiro atoms. The van der Waals surface area contributed by atoms with E-state index in [2.05, 4.69) is 12.1 Å². The lowest BCUT2D eigenvalue weighted by Gasteiger charge is -2.34. The lowest BCUT2D eigenvalue weighted by atomic mass is 9.77. The van der Waals surface area contributed by atoms with Crippen molar-refractivity contribution in [2.24, 2.45) is 5.73 Å². The number of aliphatic hydroxyl groups excluding tert-OH is 1. The zero-order valence-electron chi connectivity index (χ0n) is 9.08. The maximum atomic E-state index is 8.97. The molecule has 0 radical (unpaired) electrons. The Balaban J connectivity index is 2.20. The predicted octanol–water partition coefficient (Wildman–Crippen LogP) is 2.30. The van der Waals surface area contributed by atoms with Crippen LogP contribution >= 0.6 is 0 Å². The smallest absolute Gasteiger partial charge is 0.0681 e. The van der Waals surface area contributed by atoms with Gasteiger partial charge in [-0.15, -0.1) is 0 Å². The zero-order valence-corrected chi connectivity index (χ0v) is 9.08. The molecule has 0 amide bonds. The second kappa shape index (κ2) is 4.33. The molecule has 0 bridgehead atoms. The Labute approximate surface area is 91.1 Å². The molecule has 3 N–H and O–H groups in total. The molecule has 0 unspecified atom stereocenters. The largest absolute Gasteiger partial charge is 0.392 e. The molecule has 2 nitrogen and oxygen atoms in total. The van der Waals surface area contributed by atoms with Gasteiger partial charge in [0, 0.05) is 5.54 Å². The van der Waals surface area contributed by atoms with Gasteiger partial charge in [-0.1, -0.05) is 43.5 Å². The summed E-state index contributed by atoms with van der Waals surface area (Å²) < 4.78 is 0. The SMILES string of the molecule is NC1(c2ccc(CO)cc2)CCCCC1. The van der Waals surface area contributed by atoms with Crippen LogP contribution in [-0.2, 0) is 12.1 Å². The van der Waals surface area contributed by atoms with Gasteiger partial charge in [0.25, 0.3) is 0 Å². The standard InChI is InChI=1S/C13H19NO/c14-13(8-2-1-3-9-13)12-6-4-11(10-15)5-7-12/h4-7,15H,1-3,8-10,14H2. The van der Waals surface area contributed by atoms with E-state index in [0.717, 1.165) is 18.4 Å². The summed E-state index contributed by atoms with van der Waals surface area (Å²) in [6, 6.07) is 8.07. The highest BCUT2D eigenvalue weighted by Gasteiger charge is 2.28. The van der Waals surface area contributed by atoms with Gasteiger partial charge in [-0.3, -0.25) is 0 Å². The van der Waals surface area contributed by atoms with Gasteiger partial charge in [0.15, 0.2) is 0 Å². The van der Waals surface area contributed by atoms with Crippen molar-refractivity contribution in [2.75, 3.05) is 0 Å². The van der Waals surface area contributed by atoms with Crippen molar-refractivity contribution < 1.29 is 5.11 Å². The van der Waals surface area contributed by atoms with Crippen LogP contribution < -0.4 is 5.73 Å². The number of benzene rings is 1. The van der Waals surface area contributed by atoms with Crippen LogP contribution in [0, 0.1) is 0 Å². The first-order chi connectivity index (χ1) is 7.24. The monoisotopic (exact) mass is 205 g/mol. The maximum absolute atomic E-state index is 8.97. The highest BCUT2D eigenvalue weighted by molar-refractivity contribution is 5.28. The van der Waals surface area contributed by atoms with E-state index in [0.29, 0.717) is 0 Å². The molecule has 2 rings (SSSR count). The number of hydrogen-bond acceptors (Lipinski definition) is 2. The highest BCUT2D eigenvalue weighted by atomic mass is 16.3. The fourth-order valence-electron chi connectivity index (χ4n) is 2.41. The second-order valence-electron chi connectivity index (χ2n) is 4.57. The molecule has 1 aliphatic carbocycles. The minimum atomic E-state index is -0.119. The van der Waals surface area contributed by atoms with Gasteiger partial charge in [0.2, 0.25) is 0 Å². The van der Waals surface area contributed by atoms with E-state index in [4.69, 9.17) is 10.8 Å². The van der Waals surface area contributed by atoms with Crippen LogP contribution in [0.1, 0.15) is 43.2 Å². The van der Waals surface area contributed by atoms with Gasteiger partial charge in [-0.2, -0.15) is 0 Å². The van der Waals surface area contributed by atoms with Crippen LogP contribution in [-0.4, -0.2) is 5.11 Å². The van der Waals surface area contributed by atoms with Gasteiger partial charge in [-0.05, 0) is 24.0 Å². The first-order valence-corrected chi connectivity index (χ1v) is 5.74. The summed E-state index contributed by atoms with van der Waals surface area (Å²) >= 11 is 0. The molecule has 0 atom stereocenters. The van der Waals surface area contributed by atoms with Crippen LogP contribution in [0.3, 0.4) is 0 Å². The molecule has 0 aliphatic heterocycles. The molecule has 1 saturated carbocycles. The Morgan fingerprint density at radius 2 is 1.67 bits per heavy atom. The molecule has 82 valence electrons. The summed E-state index contributed by atoms with van der Waals surface area (Å²) in [5, 5.41) is 8.97. The maximum Gasteiger partial charge on any atom is 0.0681 e. The molecule has 1 aliphatic rings. The summed E-state index contributed by atoms with van der Waals surface area (Å²) in [5.41, 5.74) is 8.47. The average molecular weight is 205 g/mol. The van der Waals surface area contributed by atoms with Crippen molar-refractivity contribution in [3.63, 3.8) is 0 Å². The Morgan fingerprint density at radius 3 is 2.20 bits per heavy atom. The Kier molecular flexibility index (Phi) is 3.08. The summed E-state index contributed by atoms with van der Waals surface area (Å²) in [6.07, 6.45) is 5.96. The van der Waals surface area contributed by atoms with E-state index in [1.54, 1.807) is 0 Å². The third-order valence-electron chi connectivity index (χ3n) is 3.46. The van der Waals surface area contributed by atoms with E-state index in [-0.39, 0.29) is 12.1 Å². The zero-order chi connectivity index (χ0) is 10.7. The summed E-state index contributed by atoms with van der Waals surface area (Å²) in [4.78, 5) is 0. The molecular weight excluding hydrogens is 186 g/mol. The molecule has 2 heteroatoms. The van der Waals surface area contributed by atoms with E-state index < -0.39 is 0 Å². The van der Waals surface area contributed by atoms with Crippen molar-refractivity contribution in [3.05, 3.63) is 35.4 Å². The van der Waals surface area contributed by atoms with Crippen LogP contribution in [0.4, 0.5) is 0 Å². The van der Waals surface area contributed by atoms with E-state index in [1.165, 1.54) is 24.8 Å². The van der Waals surface area contributed by atoms with Gasteiger partial charge in [0.05, 0.1) is 6.61 Å². The Morgan fingerprint density at radius 1 is 1.07 bits per heavy atom. The van der Waals surface area contributed by atoms with E-state index >= 15 is 0 Å². The first-order valence-electron chi connectivity index (χ1n) is 5.74. The summed E-state index contributed by atoms with van der Waals surface area (Å²) in [6.45, 7) is 0.109. The fraction of sp³-hybridized carbons (Fsp3) is 0.538. The molecule has 0 heterocycles. The number of rotatable bonds is 2. The predicted molar refractivity (Wildman–Crippen MR) is 61.3 cm³/mol. The fourth-order valence-corrected chi connectivity index (χ4v) is 2.41. The normalized spacial score (nSPS) is 20.1. The highest BCUT2D eigenvalue weighted by Crippen LogP contribution is 2.34. The van der Waals surface area contributed by atoms with Gasteiger partial charge >= 0.3 is 0 Å². The van der Waals surface area contributed by atoms with Crippen molar-refractivity contribution in [1.29, 1.82) is 0 Å². The Bertz CT molecular complexity index is 312. The molecular formula is C13H19NO. The molecule has 1 fully saturated rings. The van der Waals surface area contributed by atoms with Crippen molar-refractivity contribution >= 4 is 0 Å². The topological polar surface area (TPSA) is 46.2 Å². The quantitative estimate of drug-likeness (QED) is 0.778. The molecule has 1 aromatic carbocycles. The van der Waals surface area contributed by atoms with Crippen LogP contribution in [0.2, 0.25) is 0 Å². The molecule has 0 saturated heterocycles. The average Bonchev–Trinajstić information content (AvgIpc) is 2.30. The molecule has 1 aromatic rings. The second-order valence-corrected chi connectivity index (χ2v) is 4.57. The van der Waals surface area contributed by atoms with Gasteiger partial charge < -0.3 is 10.8 Å². The lowest BCUT2D eigenvalue weighted by Crippen LogP contribution is -2.38. The third kappa shape index (κ3) is 2.21. The first kappa shape index (κ1) is 10.7. The number of hydrogen-bond donors (Lipinski definition) is 2. The van der Waals surface area contributed by atoms with Crippen LogP contribution in [0.15, 0.2) is 24.3 Å². The summed E-state index contributed by atoms with van der Waals surface area (Å²) in [7, 11) is 0. The van der Waals surface area contributed by atoms with Crippen molar-refractivity contribution in [3.8, 4) is 0 Å². The van der Waals surface area contributed by atoms with Gasteiger partial charge in [-0.25, -0.2) is 0 Å². The van der Waals surface area contributed by atoms with Crippen LogP contribution in [0.25, 0.3) is 0 Å². The Hall–Kier alpha value is -0.860. The van der Waals surface area contributed by atoms with Crippen molar-refractivity contribution in [1.82, 2.24) is 0 Å². The summed E-state index contributed by atoms with van der Waals surface area (Å²) in [5.74, 6) is 0. The third-order valence-corrected chi connectivity index (χ3v) is 3.46. The van der Waals surface area contributed by atoms with E-state index in [1.807, 2.05) is 12.1 Å². The van der Waals surface area contributed by atoms with E-state index in [9.17, 15) is 0 Å². The minimum Gasteiger partial charge on any atom is -0.392 e. The van der Waals surface area contributed by atoms with Crippen molar-refractivity contribution in [2.45, 2.75) is 44.2 Å². The number of nitrogens with two attached hydrogens (primary N) is 1.